The van der Waals surface area contributed by atoms with Crippen LogP contribution >= 0.6 is 0 Å². The summed E-state index contributed by atoms with van der Waals surface area (Å²) in [6.45, 7) is 23.3. The lowest BCUT2D eigenvalue weighted by molar-refractivity contribution is -0.248. The number of aliphatic hydroxyl groups is 2. The van der Waals surface area contributed by atoms with Crippen LogP contribution < -0.4 is 0 Å². The molecular weight excluding hydrogens is 660 g/mol. The van der Waals surface area contributed by atoms with Gasteiger partial charge in [-0.05, 0) is 117 Å². The minimum absolute atomic E-state index is 0.00213. The molecule has 8 aliphatic rings. The van der Waals surface area contributed by atoms with E-state index in [-0.39, 0.29) is 58.1 Å². The number of morpholine rings is 2. The van der Waals surface area contributed by atoms with Crippen molar-refractivity contribution in [1.29, 1.82) is 0 Å². The second-order valence-corrected chi connectivity index (χ2v) is 20.2. The van der Waals surface area contributed by atoms with Gasteiger partial charge in [0.1, 0.15) is 6.10 Å². The fraction of sp³-hybridized carbons (Fsp3) is 0.976. The fourth-order valence-corrected chi connectivity index (χ4v) is 14.9. The van der Waals surface area contributed by atoms with Crippen LogP contribution in [0.25, 0.3) is 0 Å². The number of carbonyl (C=O) groups excluding carboxylic acids is 1. The summed E-state index contributed by atoms with van der Waals surface area (Å²) in [5.74, 6) is 1.88. The minimum atomic E-state index is -1.03. The molecule has 14 atom stereocenters. The van der Waals surface area contributed by atoms with Crippen LogP contribution in [0.5, 0.6) is 0 Å². The lowest BCUT2D eigenvalue weighted by Gasteiger charge is -2.64. The molecule has 0 bridgehead atoms. The summed E-state index contributed by atoms with van der Waals surface area (Å²) in [5, 5.41) is 23.7. The average Bonchev–Trinajstić information content (AvgIpc) is 3.73. The van der Waals surface area contributed by atoms with Crippen molar-refractivity contribution in [3.05, 3.63) is 0 Å². The zero-order valence-electron chi connectivity index (χ0n) is 33.5. The number of carbonyl (C=O) groups is 1. The van der Waals surface area contributed by atoms with E-state index in [4.69, 9.17) is 23.7 Å². The molecule has 52 heavy (non-hydrogen) atoms. The Bertz CT molecular complexity index is 1350. The third kappa shape index (κ3) is 5.48. The lowest BCUT2D eigenvalue weighted by atomic mass is 9.41. The highest BCUT2D eigenvalue weighted by Crippen LogP contribution is 2.89. The van der Waals surface area contributed by atoms with E-state index in [2.05, 4.69) is 39.5 Å². The van der Waals surface area contributed by atoms with Gasteiger partial charge in [0.15, 0.2) is 6.29 Å². The second kappa shape index (κ2) is 13.1. The Hall–Kier alpha value is -0.850. The van der Waals surface area contributed by atoms with Gasteiger partial charge in [0.05, 0.1) is 62.9 Å². The summed E-state index contributed by atoms with van der Waals surface area (Å²) in [6, 6.07) is 0. The average molecular weight is 731 g/mol. The van der Waals surface area contributed by atoms with E-state index in [0.29, 0.717) is 75.8 Å². The Labute approximate surface area is 312 Å². The van der Waals surface area contributed by atoms with Crippen molar-refractivity contribution in [1.82, 2.24) is 9.80 Å². The van der Waals surface area contributed by atoms with Crippen LogP contribution in [0.1, 0.15) is 107 Å². The van der Waals surface area contributed by atoms with Crippen LogP contribution in [0.2, 0.25) is 0 Å². The molecule has 5 saturated carbocycles. The molecular formula is C42H70N2O8. The molecule has 5 aliphatic carbocycles. The first-order valence-electron chi connectivity index (χ1n) is 21.1. The van der Waals surface area contributed by atoms with Crippen molar-refractivity contribution in [2.45, 2.75) is 149 Å². The molecule has 3 saturated heterocycles. The number of nitrogens with zero attached hydrogens (tertiary/aromatic N) is 2. The monoisotopic (exact) mass is 731 g/mol. The molecule has 0 aromatic heterocycles. The zero-order chi connectivity index (χ0) is 37.1. The Morgan fingerprint density at radius 3 is 2.40 bits per heavy atom. The number of rotatable bonds is 8. The van der Waals surface area contributed by atoms with E-state index in [1.807, 2.05) is 25.7 Å². The van der Waals surface area contributed by atoms with Crippen molar-refractivity contribution < 1.29 is 38.7 Å². The predicted molar refractivity (Wildman–Crippen MR) is 196 cm³/mol. The van der Waals surface area contributed by atoms with Crippen molar-refractivity contribution in [2.75, 3.05) is 59.2 Å². The summed E-state index contributed by atoms with van der Waals surface area (Å²) in [7, 11) is 0. The highest BCUT2D eigenvalue weighted by atomic mass is 16.7. The Morgan fingerprint density at radius 1 is 0.981 bits per heavy atom. The topological polar surface area (TPSA) is 110 Å². The molecule has 3 aliphatic heterocycles. The summed E-state index contributed by atoms with van der Waals surface area (Å²) in [5.41, 5.74) is -0.696. The second-order valence-electron chi connectivity index (χ2n) is 20.2. The van der Waals surface area contributed by atoms with Crippen molar-refractivity contribution >= 4 is 5.91 Å². The van der Waals surface area contributed by atoms with Crippen LogP contribution in [-0.2, 0) is 28.5 Å². The number of fused-ring (bicyclic) bond motifs is 4. The van der Waals surface area contributed by atoms with Gasteiger partial charge in [-0.3, -0.25) is 9.69 Å². The molecule has 2 N–H and O–H groups in total. The van der Waals surface area contributed by atoms with E-state index in [0.717, 1.165) is 32.2 Å². The first-order valence-corrected chi connectivity index (χ1v) is 21.1. The molecule has 8 rings (SSSR count). The lowest BCUT2D eigenvalue weighted by Crippen LogP contribution is -2.60. The molecule has 1 amide bonds. The molecule has 0 aromatic carbocycles. The van der Waals surface area contributed by atoms with Crippen molar-refractivity contribution in [3.8, 4) is 0 Å². The third-order valence-corrected chi connectivity index (χ3v) is 17.3. The number of ether oxygens (including phenoxy) is 5. The first kappa shape index (κ1) is 38.0. The van der Waals surface area contributed by atoms with Gasteiger partial charge in [0.25, 0.3) is 0 Å². The normalized spacial score (nSPS) is 49.2. The molecule has 2 unspecified atom stereocenters. The SMILES string of the molecule is CCO[C@@H]([C@H]1C[C@@H](C)[C@H]2[C@H](O1)[C@H](O)[C@@]1(C)[C@@H]3CC[C@H]4C(C)(C)[C@@H](OC5CN(CC(=O)N6CCOCC6)CCO5)CCC45C[C@@]35CC[C@]21C)C(C)(C)O. The Morgan fingerprint density at radius 2 is 1.69 bits per heavy atom. The quantitative estimate of drug-likeness (QED) is 0.362. The van der Waals surface area contributed by atoms with E-state index in [1.54, 1.807) is 0 Å². The molecule has 10 heteroatoms. The van der Waals surface area contributed by atoms with Gasteiger partial charge >= 0.3 is 0 Å². The Kier molecular flexibility index (Phi) is 9.59. The molecule has 3 heterocycles. The van der Waals surface area contributed by atoms with Crippen molar-refractivity contribution in [3.63, 3.8) is 0 Å². The summed E-state index contributed by atoms with van der Waals surface area (Å²) in [4.78, 5) is 17.1. The first-order chi connectivity index (χ1) is 24.5. The van der Waals surface area contributed by atoms with Crippen LogP contribution in [-0.4, -0.2) is 127 Å². The number of hydrogen-bond acceptors (Lipinski definition) is 9. The molecule has 296 valence electrons. The predicted octanol–water partition coefficient (Wildman–Crippen LogP) is 4.88. The largest absolute Gasteiger partial charge is 0.390 e. The van der Waals surface area contributed by atoms with E-state index in [1.165, 1.54) is 25.7 Å². The van der Waals surface area contributed by atoms with Crippen LogP contribution in [0.4, 0.5) is 0 Å². The van der Waals surface area contributed by atoms with Crippen LogP contribution in [0.3, 0.4) is 0 Å². The zero-order valence-corrected chi connectivity index (χ0v) is 33.5. The number of aliphatic hydroxyl groups excluding tert-OH is 1. The maximum atomic E-state index is 13.0. The minimum Gasteiger partial charge on any atom is -0.390 e. The molecule has 8 fully saturated rings. The van der Waals surface area contributed by atoms with Crippen molar-refractivity contribution in [2.24, 2.45) is 50.7 Å². The number of hydrogen-bond donors (Lipinski definition) is 2. The maximum Gasteiger partial charge on any atom is 0.236 e. The summed E-state index contributed by atoms with van der Waals surface area (Å²) in [6.07, 6.45) is 7.39. The van der Waals surface area contributed by atoms with Gasteiger partial charge in [-0.15, -0.1) is 0 Å². The molecule has 10 nitrogen and oxygen atoms in total. The summed E-state index contributed by atoms with van der Waals surface area (Å²) < 4.78 is 31.7. The van der Waals surface area contributed by atoms with E-state index >= 15 is 0 Å². The van der Waals surface area contributed by atoms with Crippen LogP contribution in [0, 0.1) is 50.7 Å². The maximum absolute atomic E-state index is 13.0. The van der Waals surface area contributed by atoms with Gasteiger partial charge < -0.3 is 38.8 Å². The molecule has 0 radical (unpaired) electrons. The van der Waals surface area contributed by atoms with Gasteiger partial charge in [0, 0.05) is 31.7 Å². The van der Waals surface area contributed by atoms with Crippen LogP contribution in [0.15, 0.2) is 0 Å². The molecule has 0 aromatic rings. The Balaban J connectivity index is 0.972. The summed E-state index contributed by atoms with van der Waals surface area (Å²) >= 11 is 0. The van der Waals surface area contributed by atoms with Gasteiger partial charge in [-0.25, -0.2) is 0 Å². The van der Waals surface area contributed by atoms with Gasteiger partial charge in [-0.2, -0.15) is 0 Å². The third-order valence-electron chi connectivity index (χ3n) is 17.3. The highest BCUT2D eigenvalue weighted by molar-refractivity contribution is 5.78. The highest BCUT2D eigenvalue weighted by Gasteiger charge is 2.84. The smallest absolute Gasteiger partial charge is 0.236 e. The standard InChI is InChI=1S/C42H70N2O8/c1-9-49-36(38(5,6)47)27-22-26(2)33-34(51-27)35(46)40(8)29-11-10-28-37(3,4)30(12-13-41(28)25-42(29,41)15-14-39(33,40)7)52-32-24-43(16-21-50-32)23-31(45)44-17-19-48-20-18-44/h26-30,32-36,46-47H,9-25H2,1-8H3/t26-,27-,28+,29+,30+,32?,33+,34+,35+,36+,39-,40-,41?,42+/m1/s1. The van der Waals surface area contributed by atoms with Gasteiger partial charge in [-0.1, -0.05) is 34.6 Å². The molecule has 2 spiro atoms. The van der Waals surface area contributed by atoms with E-state index < -0.39 is 17.8 Å². The number of amides is 1. The van der Waals surface area contributed by atoms with E-state index in [9.17, 15) is 15.0 Å². The van der Waals surface area contributed by atoms with Gasteiger partial charge in [0.2, 0.25) is 5.91 Å². The fourth-order valence-electron chi connectivity index (χ4n) is 14.9.